The highest BCUT2D eigenvalue weighted by Gasteiger charge is 2.42. The molecule has 110 valence electrons. The van der Waals surface area contributed by atoms with E-state index in [1.165, 1.54) is 25.7 Å². The first-order chi connectivity index (χ1) is 8.80. The molecule has 1 saturated heterocycles. The molecule has 1 aliphatic heterocycles. The van der Waals surface area contributed by atoms with E-state index in [0.29, 0.717) is 23.3 Å². The molecule has 2 unspecified atom stereocenters. The zero-order chi connectivity index (χ0) is 14.2. The van der Waals surface area contributed by atoms with Gasteiger partial charge in [-0.15, -0.1) is 0 Å². The van der Waals surface area contributed by atoms with Crippen LogP contribution in [-0.4, -0.2) is 29.1 Å². The molecule has 0 aromatic carbocycles. The van der Waals surface area contributed by atoms with E-state index >= 15 is 0 Å². The summed E-state index contributed by atoms with van der Waals surface area (Å²) in [6, 6.07) is 0.505. The molecule has 2 fully saturated rings. The number of nitrogens with zero attached hydrogens (tertiary/aromatic N) is 1. The lowest BCUT2D eigenvalue weighted by molar-refractivity contribution is -0.133. The first-order valence-electron chi connectivity index (χ1n) is 7.88. The topological polar surface area (TPSA) is 32.3 Å². The van der Waals surface area contributed by atoms with E-state index in [-0.39, 0.29) is 12.2 Å². The van der Waals surface area contributed by atoms with Crippen molar-refractivity contribution in [2.24, 2.45) is 11.3 Å². The van der Waals surface area contributed by atoms with Crippen LogP contribution < -0.4 is 5.32 Å². The highest BCUT2D eigenvalue weighted by atomic mass is 16.2. The van der Waals surface area contributed by atoms with Gasteiger partial charge in [-0.3, -0.25) is 10.1 Å². The lowest BCUT2D eigenvalue weighted by atomic mass is 9.75. The zero-order valence-electron chi connectivity index (χ0n) is 13.2. The third-order valence-electron chi connectivity index (χ3n) is 4.82. The largest absolute Gasteiger partial charge is 0.323 e. The average Bonchev–Trinajstić information content (AvgIpc) is 2.55. The summed E-state index contributed by atoms with van der Waals surface area (Å²) in [6.07, 6.45) is 5.98. The van der Waals surface area contributed by atoms with E-state index in [9.17, 15) is 4.79 Å². The van der Waals surface area contributed by atoms with Crippen LogP contribution in [0.4, 0.5) is 0 Å². The molecule has 1 saturated carbocycles. The van der Waals surface area contributed by atoms with Crippen LogP contribution in [0.1, 0.15) is 66.7 Å². The highest BCUT2D eigenvalue weighted by molar-refractivity contribution is 5.84. The monoisotopic (exact) mass is 266 g/mol. The van der Waals surface area contributed by atoms with E-state index < -0.39 is 0 Å². The van der Waals surface area contributed by atoms with Crippen molar-refractivity contribution in [2.75, 3.05) is 0 Å². The van der Waals surface area contributed by atoms with Gasteiger partial charge in [0, 0.05) is 6.04 Å². The summed E-state index contributed by atoms with van der Waals surface area (Å²) in [6.45, 7) is 11.2. The van der Waals surface area contributed by atoms with E-state index in [2.05, 4.69) is 44.8 Å². The van der Waals surface area contributed by atoms with Crippen molar-refractivity contribution < 1.29 is 4.79 Å². The Kier molecular flexibility index (Phi) is 4.24. The fourth-order valence-corrected chi connectivity index (χ4v) is 3.61. The van der Waals surface area contributed by atoms with E-state index in [4.69, 9.17) is 0 Å². The molecular weight excluding hydrogens is 236 g/mol. The molecule has 2 aliphatic rings. The Hall–Kier alpha value is -0.570. The Bertz CT molecular complexity index is 328. The van der Waals surface area contributed by atoms with E-state index in [1.807, 2.05) is 0 Å². The molecule has 3 nitrogen and oxygen atoms in total. The predicted octanol–water partition coefficient (Wildman–Crippen LogP) is 3.15. The molecule has 2 rings (SSSR count). The Morgan fingerprint density at radius 1 is 1.32 bits per heavy atom. The van der Waals surface area contributed by atoms with Gasteiger partial charge in [-0.1, -0.05) is 27.7 Å². The second-order valence-electron chi connectivity index (χ2n) is 7.67. The molecule has 19 heavy (non-hydrogen) atoms. The van der Waals surface area contributed by atoms with Crippen LogP contribution in [0, 0.1) is 11.3 Å². The van der Waals surface area contributed by atoms with Gasteiger partial charge in [-0.2, -0.15) is 0 Å². The first-order valence-corrected chi connectivity index (χ1v) is 7.88. The number of carbonyl (C=O) groups is 1. The SMILES string of the molecule is CC(C)CC1NC(C)N(C2CCC(C)(C)CC2)C1=O. The van der Waals surface area contributed by atoms with Crippen molar-refractivity contribution in [3.63, 3.8) is 0 Å². The molecule has 0 aromatic heterocycles. The summed E-state index contributed by atoms with van der Waals surface area (Å²) in [7, 11) is 0. The molecule has 0 bridgehead atoms. The zero-order valence-corrected chi connectivity index (χ0v) is 13.2. The number of amides is 1. The Balaban J connectivity index is 1.99. The van der Waals surface area contributed by atoms with Gasteiger partial charge in [-0.05, 0) is 50.4 Å². The summed E-state index contributed by atoms with van der Waals surface area (Å²) in [5, 5.41) is 3.48. The molecule has 1 N–H and O–H groups in total. The highest BCUT2D eigenvalue weighted by Crippen LogP contribution is 2.38. The molecular formula is C16H30N2O. The lowest BCUT2D eigenvalue weighted by Gasteiger charge is -2.40. The normalized spacial score (nSPS) is 32.3. The van der Waals surface area contributed by atoms with E-state index in [0.717, 1.165) is 6.42 Å². The molecule has 1 aliphatic carbocycles. The Labute approximate surface area is 118 Å². The van der Waals surface area contributed by atoms with Crippen LogP contribution in [-0.2, 0) is 4.79 Å². The number of carbonyl (C=O) groups excluding carboxylic acids is 1. The molecule has 0 spiro atoms. The molecule has 1 amide bonds. The smallest absolute Gasteiger partial charge is 0.241 e. The second-order valence-corrected chi connectivity index (χ2v) is 7.67. The molecule has 0 aromatic rings. The van der Waals surface area contributed by atoms with Gasteiger partial charge >= 0.3 is 0 Å². The third-order valence-corrected chi connectivity index (χ3v) is 4.82. The number of nitrogens with one attached hydrogen (secondary N) is 1. The number of rotatable bonds is 3. The third kappa shape index (κ3) is 3.31. The summed E-state index contributed by atoms with van der Waals surface area (Å²) in [4.78, 5) is 14.7. The predicted molar refractivity (Wildman–Crippen MR) is 78.7 cm³/mol. The second kappa shape index (κ2) is 5.43. The molecule has 2 atom stereocenters. The van der Waals surface area contributed by atoms with Crippen LogP contribution in [0.25, 0.3) is 0 Å². The fraction of sp³-hybridized carbons (Fsp3) is 0.938. The van der Waals surface area contributed by atoms with Crippen molar-refractivity contribution in [1.82, 2.24) is 10.2 Å². The number of hydrogen-bond donors (Lipinski definition) is 1. The fourth-order valence-electron chi connectivity index (χ4n) is 3.61. The Morgan fingerprint density at radius 3 is 2.42 bits per heavy atom. The van der Waals surface area contributed by atoms with Crippen LogP contribution in [0.5, 0.6) is 0 Å². The van der Waals surface area contributed by atoms with Crippen molar-refractivity contribution >= 4 is 5.91 Å². The van der Waals surface area contributed by atoms with Crippen LogP contribution >= 0.6 is 0 Å². The summed E-state index contributed by atoms with van der Waals surface area (Å²) in [5.74, 6) is 0.907. The van der Waals surface area contributed by atoms with Gasteiger partial charge in [-0.25, -0.2) is 0 Å². The quantitative estimate of drug-likeness (QED) is 0.851. The summed E-state index contributed by atoms with van der Waals surface area (Å²) in [5.41, 5.74) is 0.466. The molecule has 3 heteroatoms. The number of hydrogen-bond acceptors (Lipinski definition) is 2. The van der Waals surface area contributed by atoms with Gasteiger partial charge in [0.2, 0.25) is 5.91 Å². The van der Waals surface area contributed by atoms with Crippen molar-refractivity contribution in [2.45, 2.75) is 85.0 Å². The maximum atomic E-state index is 12.6. The minimum absolute atomic E-state index is 0.0462. The van der Waals surface area contributed by atoms with Gasteiger partial charge in [0.25, 0.3) is 0 Å². The summed E-state index contributed by atoms with van der Waals surface area (Å²) >= 11 is 0. The standard InChI is InChI=1S/C16H30N2O/c1-11(2)10-14-15(19)18(12(3)17-14)13-6-8-16(4,5)9-7-13/h11-14,17H,6-10H2,1-5H3. The maximum absolute atomic E-state index is 12.6. The van der Waals surface area contributed by atoms with Crippen molar-refractivity contribution in [3.8, 4) is 0 Å². The van der Waals surface area contributed by atoms with Gasteiger partial charge in [0.05, 0.1) is 12.2 Å². The minimum Gasteiger partial charge on any atom is -0.323 e. The van der Waals surface area contributed by atoms with Crippen LogP contribution in [0.15, 0.2) is 0 Å². The minimum atomic E-state index is 0.0462. The van der Waals surface area contributed by atoms with Gasteiger partial charge < -0.3 is 4.90 Å². The maximum Gasteiger partial charge on any atom is 0.241 e. The molecule has 1 heterocycles. The Morgan fingerprint density at radius 2 is 1.89 bits per heavy atom. The van der Waals surface area contributed by atoms with Crippen LogP contribution in [0.3, 0.4) is 0 Å². The van der Waals surface area contributed by atoms with Crippen molar-refractivity contribution in [3.05, 3.63) is 0 Å². The lowest BCUT2D eigenvalue weighted by Crippen LogP contribution is -2.45. The van der Waals surface area contributed by atoms with E-state index in [1.54, 1.807) is 0 Å². The van der Waals surface area contributed by atoms with Crippen LogP contribution in [0.2, 0.25) is 0 Å². The first kappa shape index (κ1) is 14.8. The van der Waals surface area contributed by atoms with Gasteiger partial charge in [0.1, 0.15) is 0 Å². The van der Waals surface area contributed by atoms with Crippen molar-refractivity contribution in [1.29, 1.82) is 0 Å². The summed E-state index contributed by atoms with van der Waals surface area (Å²) < 4.78 is 0. The molecule has 0 radical (unpaired) electrons. The average molecular weight is 266 g/mol. The van der Waals surface area contributed by atoms with Gasteiger partial charge in [0.15, 0.2) is 0 Å².